The molecule has 5 rings (SSSR count). The SMILES string of the molecule is O=C(c1cc(Cl)ccc1NS(=O)(=O)c1ccc(Oc2ccccc2Cl)cc1)N1CCC(Cc2ccccc2)CC1. The van der Waals surface area contributed by atoms with Gasteiger partial charge in [0, 0.05) is 18.1 Å². The monoisotopic (exact) mass is 594 g/mol. The fourth-order valence-electron chi connectivity index (χ4n) is 4.79. The van der Waals surface area contributed by atoms with Crippen LogP contribution in [0, 0.1) is 5.92 Å². The zero-order valence-corrected chi connectivity index (χ0v) is 23.9. The van der Waals surface area contributed by atoms with Crippen molar-refractivity contribution >= 4 is 44.8 Å². The summed E-state index contributed by atoms with van der Waals surface area (Å²) < 4.78 is 34.8. The van der Waals surface area contributed by atoms with Gasteiger partial charge in [-0.05, 0) is 85.3 Å². The largest absolute Gasteiger partial charge is 0.456 e. The first-order chi connectivity index (χ1) is 19.3. The molecule has 0 spiro atoms. The van der Waals surface area contributed by atoms with E-state index in [2.05, 4.69) is 16.9 Å². The van der Waals surface area contributed by atoms with E-state index in [9.17, 15) is 13.2 Å². The molecular weight excluding hydrogens is 567 g/mol. The second-order valence-corrected chi connectivity index (χ2v) is 12.3. The molecule has 1 saturated heterocycles. The minimum atomic E-state index is -4.00. The molecule has 0 radical (unpaired) electrons. The highest BCUT2D eigenvalue weighted by Gasteiger charge is 2.27. The fraction of sp³-hybridized carbons (Fsp3) is 0.194. The summed E-state index contributed by atoms with van der Waals surface area (Å²) in [6, 6.07) is 27.9. The molecule has 1 heterocycles. The van der Waals surface area contributed by atoms with Crippen LogP contribution in [0.25, 0.3) is 0 Å². The molecule has 0 aromatic heterocycles. The van der Waals surface area contributed by atoms with Crippen LogP contribution in [-0.2, 0) is 16.4 Å². The molecule has 40 heavy (non-hydrogen) atoms. The summed E-state index contributed by atoms with van der Waals surface area (Å²) in [4.78, 5) is 15.3. The normalized spacial score (nSPS) is 14.1. The van der Waals surface area contributed by atoms with E-state index >= 15 is 0 Å². The third-order valence-corrected chi connectivity index (χ3v) is 8.85. The van der Waals surface area contributed by atoms with Crippen LogP contribution in [0.15, 0.2) is 102 Å². The van der Waals surface area contributed by atoms with Gasteiger partial charge in [-0.1, -0.05) is 65.7 Å². The van der Waals surface area contributed by atoms with E-state index in [0.717, 1.165) is 19.3 Å². The molecule has 1 N–H and O–H groups in total. The van der Waals surface area contributed by atoms with Gasteiger partial charge in [-0.2, -0.15) is 0 Å². The molecule has 4 aromatic carbocycles. The Labute approximate surface area is 244 Å². The summed E-state index contributed by atoms with van der Waals surface area (Å²) in [6.07, 6.45) is 2.74. The maximum atomic E-state index is 13.5. The van der Waals surface area contributed by atoms with Crippen LogP contribution in [0.1, 0.15) is 28.8 Å². The van der Waals surface area contributed by atoms with E-state index in [-0.39, 0.29) is 22.1 Å². The van der Waals surface area contributed by atoms with E-state index in [1.54, 1.807) is 47.4 Å². The number of piperidine rings is 1. The third kappa shape index (κ3) is 6.78. The van der Waals surface area contributed by atoms with Gasteiger partial charge in [0.15, 0.2) is 0 Å². The number of nitrogens with one attached hydrogen (secondary N) is 1. The van der Waals surface area contributed by atoms with Crippen molar-refractivity contribution in [1.82, 2.24) is 4.90 Å². The Bertz CT molecular complexity index is 1590. The van der Waals surface area contributed by atoms with Gasteiger partial charge in [0.05, 0.1) is 21.2 Å². The molecule has 0 saturated carbocycles. The van der Waals surface area contributed by atoms with Crippen molar-refractivity contribution in [3.05, 3.63) is 118 Å². The number of halogens is 2. The smallest absolute Gasteiger partial charge is 0.261 e. The van der Waals surface area contributed by atoms with Crippen molar-refractivity contribution in [2.45, 2.75) is 24.2 Å². The summed E-state index contributed by atoms with van der Waals surface area (Å²) in [5, 5.41) is 0.799. The number of nitrogens with zero attached hydrogens (tertiary/aromatic N) is 1. The predicted octanol–water partition coefficient (Wildman–Crippen LogP) is 7.68. The molecule has 1 aliphatic heterocycles. The molecule has 9 heteroatoms. The molecule has 206 valence electrons. The Kier molecular flexibility index (Phi) is 8.64. The summed E-state index contributed by atoms with van der Waals surface area (Å²) >= 11 is 12.4. The van der Waals surface area contributed by atoms with Gasteiger partial charge in [-0.3, -0.25) is 9.52 Å². The van der Waals surface area contributed by atoms with Crippen LogP contribution in [0.3, 0.4) is 0 Å². The third-order valence-electron chi connectivity index (χ3n) is 6.92. The van der Waals surface area contributed by atoms with Crippen molar-refractivity contribution < 1.29 is 17.9 Å². The van der Waals surface area contributed by atoms with Gasteiger partial charge in [0.2, 0.25) is 0 Å². The number of amides is 1. The molecular formula is C31H28Cl2N2O4S. The van der Waals surface area contributed by atoms with E-state index < -0.39 is 10.0 Å². The van der Waals surface area contributed by atoms with Gasteiger partial charge < -0.3 is 9.64 Å². The van der Waals surface area contributed by atoms with Crippen LogP contribution in [-0.4, -0.2) is 32.3 Å². The number of carbonyl (C=O) groups is 1. The summed E-state index contributed by atoms with van der Waals surface area (Å²) in [5.41, 5.74) is 1.69. The maximum Gasteiger partial charge on any atom is 0.261 e. The molecule has 0 aliphatic carbocycles. The van der Waals surface area contributed by atoms with E-state index in [1.807, 2.05) is 18.2 Å². The van der Waals surface area contributed by atoms with Crippen molar-refractivity contribution in [3.63, 3.8) is 0 Å². The van der Waals surface area contributed by atoms with Gasteiger partial charge in [0.1, 0.15) is 11.5 Å². The van der Waals surface area contributed by atoms with Crippen molar-refractivity contribution in [2.24, 2.45) is 5.92 Å². The number of rotatable bonds is 8. The van der Waals surface area contributed by atoms with Crippen molar-refractivity contribution in [3.8, 4) is 11.5 Å². The first kappa shape index (κ1) is 28.0. The van der Waals surface area contributed by atoms with E-state index in [0.29, 0.717) is 40.6 Å². The lowest BCUT2D eigenvalue weighted by molar-refractivity contribution is 0.0691. The second kappa shape index (κ2) is 12.3. The molecule has 6 nitrogen and oxygen atoms in total. The molecule has 0 unspecified atom stereocenters. The van der Waals surface area contributed by atoms with Gasteiger partial charge >= 0.3 is 0 Å². The summed E-state index contributed by atoms with van der Waals surface area (Å²) in [6.45, 7) is 1.20. The average Bonchev–Trinajstić information content (AvgIpc) is 2.96. The summed E-state index contributed by atoms with van der Waals surface area (Å²) in [5.74, 6) is 1.15. The van der Waals surface area contributed by atoms with E-state index in [4.69, 9.17) is 27.9 Å². The topological polar surface area (TPSA) is 75.7 Å². The Morgan fingerprint density at radius 3 is 2.25 bits per heavy atom. The second-order valence-electron chi connectivity index (χ2n) is 9.72. The van der Waals surface area contributed by atoms with Gasteiger partial charge in [-0.15, -0.1) is 0 Å². The fourth-order valence-corrected chi connectivity index (χ4v) is 6.21. The van der Waals surface area contributed by atoms with Gasteiger partial charge in [0.25, 0.3) is 15.9 Å². The first-order valence-corrected chi connectivity index (χ1v) is 15.2. The van der Waals surface area contributed by atoms with Crippen molar-refractivity contribution in [1.29, 1.82) is 0 Å². The lowest BCUT2D eigenvalue weighted by Crippen LogP contribution is -2.39. The maximum absolute atomic E-state index is 13.5. The first-order valence-electron chi connectivity index (χ1n) is 13.0. The van der Waals surface area contributed by atoms with Crippen LogP contribution < -0.4 is 9.46 Å². The quantitative estimate of drug-likeness (QED) is 0.227. The number of ether oxygens (including phenoxy) is 1. The Morgan fingerprint density at radius 2 is 1.55 bits per heavy atom. The number of para-hydroxylation sites is 1. The Morgan fingerprint density at radius 1 is 0.875 bits per heavy atom. The number of hydrogen-bond acceptors (Lipinski definition) is 4. The molecule has 1 amide bonds. The lowest BCUT2D eigenvalue weighted by atomic mass is 9.90. The number of sulfonamides is 1. The highest BCUT2D eigenvalue weighted by molar-refractivity contribution is 7.92. The number of hydrogen-bond donors (Lipinski definition) is 1. The number of likely N-dealkylation sites (tertiary alicyclic amines) is 1. The average molecular weight is 596 g/mol. The lowest BCUT2D eigenvalue weighted by Gasteiger charge is -2.32. The van der Waals surface area contributed by atoms with Crippen LogP contribution in [0.4, 0.5) is 5.69 Å². The van der Waals surface area contributed by atoms with Crippen LogP contribution in [0.2, 0.25) is 10.0 Å². The van der Waals surface area contributed by atoms with Gasteiger partial charge in [-0.25, -0.2) is 8.42 Å². The zero-order chi connectivity index (χ0) is 28.1. The molecule has 0 bridgehead atoms. The highest BCUT2D eigenvalue weighted by atomic mass is 35.5. The van der Waals surface area contributed by atoms with Crippen molar-refractivity contribution in [2.75, 3.05) is 17.8 Å². The Balaban J connectivity index is 1.27. The minimum absolute atomic E-state index is 0.0223. The van der Waals surface area contributed by atoms with E-state index in [1.165, 1.54) is 29.8 Å². The number of carbonyl (C=O) groups excluding carboxylic acids is 1. The molecule has 1 aliphatic rings. The van der Waals surface area contributed by atoms with Crippen LogP contribution >= 0.6 is 23.2 Å². The molecule has 1 fully saturated rings. The summed E-state index contributed by atoms with van der Waals surface area (Å²) in [7, 11) is -4.00. The minimum Gasteiger partial charge on any atom is -0.456 e. The molecule has 4 aromatic rings. The standard InChI is InChI=1S/C31H28Cl2N2O4S/c32-24-10-15-29(27(21-24)31(36)35-18-16-23(17-19-35)20-22-6-2-1-3-7-22)34-40(37,38)26-13-11-25(12-14-26)39-30-9-5-4-8-28(30)33/h1-15,21,23,34H,16-20H2. The highest BCUT2D eigenvalue weighted by Crippen LogP contribution is 2.31. The Hall–Kier alpha value is -3.52. The predicted molar refractivity (Wildman–Crippen MR) is 159 cm³/mol. The number of anilines is 1. The van der Waals surface area contributed by atoms with Crippen LogP contribution in [0.5, 0.6) is 11.5 Å². The number of benzene rings is 4. The zero-order valence-electron chi connectivity index (χ0n) is 21.6. The molecule has 0 atom stereocenters.